The maximum atomic E-state index is 12.4. The van der Waals surface area contributed by atoms with Crippen LogP contribution in [-0.4, -0.2) is 12.6 Å². The Hall–Kier alpha value is -4.57. The molecule has 0 amide bonds. The Morgan fingerprint density at radius 3 is 1.49 bits per heavy atom. The summed E-state index contributed by atoms with van der Waals surface area (Å²) < 4.78 is 17.1. The highest BCUT2D eigenvalue weighted by Gasteiger charge is 2.08. The van der Waals surface area contributed by atoms with Crippen LogP contribution in [0, 0.1) is 0 Å². The van der Waals surface area contributed by atoms with Crippen LogP contribution in [0.1, 0.15) is 38.2 Å². The third kappa shape index (κ3) is 7.71. The molecule has 0 unspecified atom stereocenters. The number of esters is 1. The van der Waals surface area contributed by atoms with E-state index in [-0.39, 0.29) is 5.97 Å². The van der Waals surface area contributed by atoms with E-state index in [0.717, 1.165) is 33.6 Å². The van der Waals surface area contributed by atoms with Gasteiger partial charge in [-0.15, -0.1) is 0 Å². The smallest absolute Gasteiger partial charge is 0.338 e. The SMILES string of the molecule is C=Cc1ccc(COc2ccc(CCOC(=O)c3ccc(OCc4ccc(C=C)cc4)cc3)cc2)cc1. The minimum atomic E-state index is -0.353. The first kappa shape index (κ1) is 25.5. The first-order valence-electron chi connectivity index (χ1n) is 12.2. The van der Waals surface area contributed by atoms with Crippen molar-refractivity contribution in [2.24, 2.45) is 0 Å². The molecule has 0 aromatic heterocycles. The van der Waals surface area contributed by atoms with Gasteiger partial charge in [-0.1, -0.05) is 86.0 Å². The van der Waals surface area contributed by atoms with Gasteiger partial charge in [0.05, 0.1) is 12.2 Å². The first-order valence-corrected chi connectivity index (χ1v) is 12.2. The van der Waals surface area contributed by atoms with Crippen molar-refractivity contribution >= 4 is 18.1 Å². The largest absolute Gasteiger partial charge is 0.489 e. The number of hydrogen-bond acceptors (Lipinski definition) is 4. The van der Waals surface area contributed by atoms with Crippen LogP contribution >= 0.6 is 0 Å². The van der Waals surface area contributed by atoms with Crippen molar-refractivity contribution in [2.45, 2.75) is 19.6 Å². The van der Waals surface area contributed by atoms with Crippen LogP contribution in [0.3, 0.4) is 0 Å². The quantitative estimate of drug-likeness (QED) is 0.193. The van der Waals surface area contributed by atoms with Gasteiger partial charge in [0, 0.05) is 6.42 Å². The zero-order valence-corrected chi connectivity index (χ0v) is 20.8. The average Bonchev–Trinajstić information content (AvgIpc) is 2.96. The predicted molar refractivity (Wildman–Crippen MR) is 149 cm³/mol. The van der Waals surface area contributed by atoms with Crippen molar-refractivity contribution in [3.05, 3.63) is 144 Å². The van der Waals surface area contributed by atoms with Crippen LogP contribution in [-0.2, 0) is 24.4 Å². The maximum absolute atomic E-state index is 12.4. The van der Waals surface area contributed by atoms with E-state index in [2.05, 4.69) is 13.2 Å². The number of carbonyl (C=O) groups is 1. The molecular weight excluding hydrogens is 460 g/mol. The lowest BCUT2D eigenvalue weighted by molar-refractivity contribution is 0.0509. The highest BCUT2D eigenvalue weighted by molar-refractivity contribution is 5.89. The van der Waals surface area contributed by atoms with Crippen LogP contribution in [0.2, 0.25) is 0 Å². The van der Waals surface area contributed by atoms with Crippen molar-refractivity contribution in [2.75, 3.05) is 6.61 Å². The predicted octanol–water partition coefficient (Wildman–Crippen LogP) is 7.53. The van der Waals surface area contributed by atoms with E-state index in [4.69, 9.17) is 14.2 Å². The van der Waals surface area contributed by atoms with E-state index in [0.29, 0.717) is 37.6 Å². The lowest BCUT2D eigenvalue weighted by Gasteiger charge is -2.09. The van der Waals surface area contributed by atoms with Crippen molar-refractivity contribution in [3.8, 4) is 11.5 Å². The topological polar surface area (TPSA) is 44.8 Å². The van der Waals surface area contributed by atoms with Crippen LogP contribution in [0.4, 0.5) is 0 Å². The van der Waals surface area contributed by atoms with Gasteiger partial charge in [-0.2, -0.15) is 0 Å². The number of carbonyl (C=O) groups excluding carboxylic acids is 1. The van der Waals surface area contributed by atoms with E-state index in [1.165, 1.54) is 0 Å². The van der Waals surface area contributed by atoms with Gasteiger partial charge in [-0.25, -0.2) is 4.79 Å². The van der Waals surface area contributed by atoms with Gasteiger partial charge in [0.2, 0.25) is 0 Å². The molecule has 0 saturated heterocycles. The van der Waals surface area contributed by atoms with Gasteiger partial charge < -0.3 is 14.2 Å². The van der Waals surface area contributed by atoms with Crippen LogP contribution in [0.15, 0.2) is 110 Å². The molecule has 4 heteroatoms. The van der Waals surface area contributed by atoms with Crippen molar-refractivity contribution in [1.82, 2.24) is 0 Å². The Kier molecular flexibility index (Phi) is 8.92. The highest BCUT2D eigenvalue weighted by atomic mass is 16.5. The van der Waals surface area contributed by atoms with E-state index in [1.807, 2.05) is 78.9 Å². The van der Waals surface area contributed by atoms with E-state index in [9.17, 15) is 4.79 Å². The van der Waals surface area contributed by atoms with Crippen molar-refractivity contribution < 1.29 is 19.0 Å². The lowest BCUT2D eigenvalue weighted by Crippen LogP contribution is -2.08. The molecule has 4 aromatic rings. The van der Waals surface area contributed by atoms with Gasteiger partial charge in [0.15, 0.2) is 0 Å². The lowest BCUT2D eigenvalue weighted by atomic mass is 10.1. The molecule has 0 spiro atoms. The number of benzene rings is 4. The Bertz CT molecular complexity index is 1300. The summed E-state index contributed by atoms with van der Waals surface area (Å²) in [6, 6.07) is 30.9. The van der Waals surface area contributed by atoms with Gasteiger partial charge in [-0.3, -0.25) is 0 Å². The molecule has 0 N–H and O–H groups in total. The third-order valence-corrected chi connectivity index (χ3v) is 5.88. The second kappa shape index (κ2) is 12.9. The average molecular weight is 491 g/mol. The molecule has 4 aromatic carbocycles. The Labute approximate surface area is 218 Å². The number of hydrogen-bond donors (Lipinski definition) is 0. The van der Waals surface area contributed by atoms with Crippen LogP contribution < -0.4 is 9.47 Å². The third-order valence-electron chi connectivity index (χ3n) is 5.88. The summed E-state index contributed by atoms with van der Waals surface area (Å²) in [5.41, 5.74) is 5.88. The molecule has 0 aliphatic carbocycles. The van der Waals surface area contributed by atoms with Gasteiger partial charge in [-0.05, 0) is 64.2 Å². The molecule has 0 atom stereocenters. The summed E-state index contributed by atoms with van der Waals surface area (Å²) >= 11 is 0. The van der Waals surface area contributed by atoms with Crippen LogP contribution in [0.25, 0.3) is 12.2 Å². The summed E-state index contributed by atoms with van der Waals surface area (Å²) in [7, 11) is 0. The van der Waals surface area contributed by atoms with Gasteiger partial charge >= 0.3 is 5.97 Å². The number of ether oxygens (including phenoxy) is 3. The Morgan fingerprint density at radius 2 is 1.03 bits per heavy atom. The first-order chi connectivity index (χ1) is 18.1. The monoisotopic (exact) mass is 490 g/mol. The van der Waals surface area contributed by atoms with Gasteiger partial charge in [0.25, 0.3) is 0 Å². The molecular formula is C33H30O4. The normalized spacial score (nSPS) is 10.4. The Balaban J connectivity index is 1.18. The fourth-order valence-corrected chi connectivity index (χ4v) is 3.62. The van der Waals surface area contributed by atoms with Crippen molar-refractivity contribution in [1.29, 1.82) is 0 Å². The van der Waals surface area contributed by atoms with Crippen LogP contribution in [0.5, 0.6) is 11.5 Å². The van der Waals surface area contributed by atoms with E-state index >= 15 is 0 Å². The molecule has 0 saturated carbocycles. The minimum absolute atomic E-state index is 0.299. The van der Waals surface area contributed by atoms with E-state index < -0.39 is 0 Å². The summed E-state index contributed by atoms with van der Waals surface area (Å²) in [6.45, 7) is 8.77. The summed E-state index contributed by atoms with van der Waals surface area (Å²) in [6.07, 6.45) is 4.25. The molecule has 4 nitrogen and oxygen atoms in total. The molecule has 186 valence electrons. The molecule has 0 aliphatic rings. The molecule has 37 heavy (non-hydrogen) atoms. The Morgan fingerprint density at radius 1 is 0.595 bits per heavy atom. The molecule has 0 heterocycles. The maximum Gasteiger partial charge on any atom is 0.338 e. The molecule has 4 rings (SSSR count). The summed E-state index contributed by atoms with van der Waals surface area (Å²) in [4.78, 5) is 12.4. The van der Waals surface area contributed by atoms with E-state index in [1.54, 1.807) is 30.3 Å². The second-order valence-electron chi connectivity index (χ2n) is 8.52. The molecule has 0 radical (unpaired) electrons. The zero-order chi connectivity index (χ0) is 25.9. The second-order valence-corrected chi connectivity index (χ2v) is 8.52. The van der Waals surface area contributed by atoms with Crippen molar-refractivity contribution in [3.63, 3.8) is 0 Å². The minimum Gasteiger partial charge on any atom is -0.489 e. The summed E-state index contributed by atoms with van der Waals surface area (Å²) in [5.74, 6) is 1.14. The fraction of sp³-hybridized carbons (Fsp3) is 0.121. The zero-order valence-electron chi connectivity index (χ0n) is 20.8. The summed E-state index contributed by atoms with van der Waals surface area (Å²) in [5, 5.41) is 0. The molecule has 0 aliphatic heterocycles. The van der Waals surface area contributed by atoms with Gasteiger partial charge in [0.1, 0.15) is 24.7 Å². The highest BCUT2D eigenvalue weighted by Crippen LogP contribution is 2.17. The number of rotatable bonds is 12. The standard InChI is InChI=1S/C33H30O4/c1-3-25-5-9-28(10-6-25)23-36-31-17-13-27(14-18-31)21-22-35-33(34)30-15-19-32(20-16-30)37-24-29-11-7-26(4-2)8-12-29/h3-20H,1-2,21-24H2. The molecule has 0 fully saturated rings. The molecule has 0 bridgehead atoms. The fourth-order valence-electron chi connectivity index (χ4n) is 3.62.